The molecule has 1 fully saturated rings. The van der Waals surface area contributed by atoms with Crippen molar-refractivity contribution in [3.05, 3.63) is 11.8 Å². The largest absolute Gasteiger partial charge is 0.368 e. The van der Waals surface area contributed by atoms with Crippen LogP contribution in [0, 0.1) is 12.3 Å². The lowest BCUT2D eigenvalue weighted by atomic mass is 10.2. The average molecular weight is 192 g/mol. The van der Waals surface area contributed by atoms with Gasteiger partial charge in [0.15, 0.2) is 0 Å². The molecular weight excluding hydrogens is 176 g/mol. The van der Waals surface area contributed by atoms with Gasteiger partial charge in [-0.05, 0) is 18.8 Å². The lowest BCUT2D eigenvalue weighted by Gasteiger charge is -2.08. The molecule has 76 valence electrons. The highest BCUT2D eigenvalue weighted by atomic mass is 15.1. The molecule has 0 saturated heterocycles. The van der Waals surface area contributed by atoms with Gasteiger partial charge in [-0.3, -0.25) is 0 Å². The molecule has 1 saturated carbocycles. The van der Waals surface area contributed by atoms with Gasteiger partial charge >= 0.3 is 0 Å². The summed E-state index contributed by atoms with van der Waals surface area (Å²) in [5.41, 5.74) is 6.86. The molecule has 0 bridgehead atoms. The number of nitrogens with one attached hydrogen (secondary N) is 1. The van der Waals surface area contributed by atoms with E-state index in [-0.39, 0.29) is 0 Å². The Morgan fingerprint density at radius 2 is 2.14 bits per heavy atom. The van der Waals surface area contributed by atoms with Crippen molar-refractivity contribution in [1.29, 1.82) is 0 Å². The summed E-state index contributed by atoms with van der Waals surface area (Å²) in [7, 11) is 0. The molecule has 0 radical (unpaired) electrons. The van der Waals surface area contributed by atoms with Gasteiger partial charge in [0.2, 0.25) is 5.95 Å². The molecule has 1 heterocycles. The van der Waals surface area contributed by atoms with Crippen LogP contribution in [-0.4, -0.2) is 16.0 Å². The second-order valence-electron chi connectivity index (χ2n) is 4.64. The Labute approximate surface area is 83.9 Å². The van der Waals surface area contributed by atoms with E-state index in [0.29, 0.717) is 17.4 Å². The number of nitrogens with two attached hydrogens (primary N) is 1. The lowest BCUT2D eigenvalue weighted by molar-refractivity contribution is 0.630. The molecular formula is C10H16N4. The molecule has 1 aliphatic rings. The van der Waals surface area contributed by atoms with Gasteiger partial charge in [0.1, 0.15) is 5.82 Å². The van der Waals surface area contributed by atoms with Crippen LogP contribution in [0.3, 0.4) is 0 Å². The lowest BCUT2D eigenvalue weighted by Crippen LogP contribution is -2.11. The van der Waals surface area contributed by atoms with Crippen molar-refractivity contribution in [1.82, 2.24) is 9.97 Å². The fourth-order valence-electron chi connectivity index (χ4n) is 1.56. The fraction of sp³-hybridized carbons (Fsp3) is 0.600. The smallest absolute Gasteiger partial charge is 0.222 e. The normalized spacial score (nSPS) is 23.2. The third-order valence-corrected chi connectivity index (χ3v) is 2.71. The summed E-state index contributed by atoms with van der Waals surface area (Å²) in [6.45, 7) is 6.39. The van der Waals surface area contributed by atoms with E-state index < -0.39 is 0 Å². The minimum absolute atomic E-state index is 0.339. The number of anilines is 2. The molecule has 1 aliphatic carbocycles. The van der Waals surface area contributed by atoms with Crippen molar-refractivity contribution in [2.75, 3.05) is 11.1 Å². The Morgan fingerprint density at radius 3 is 2.64 bits per heavy atom. The Hall–Kier alpha value is -1.32. The van der Waals surface area contributed by atoms with Gasteiger partial charge in [0, 0.05) is 17.8 Å². The highest BCUT2D eigenvalue weighted by Gasteiger charge is 2.45. The van der Waals surface area contributed by atoms with Crippen molar-refractivity contribution in [3.63, 3.8) is 0 Å². The third-order valence-electron chi connectivity index (χ3n) is 2.71. The van der Waals surface area contributed by atoms with Crippen LogP contribution in [-0.2, 0) is 0 Å². The van der Waals surface area contributed by atoms with E-state index in [9.17, 15) is 0 Å². The monoisotopic (exact) mass is 192 g/mol. The van der Waals surface area contributed by atoms with Gasteiger partial charge in [0.25, 0.3) is 0 Å². The number of nitrogen functional groups attached to an aromatic ring is 1. The third kappa shape index (κ3) is 1.78. The molecule has 4 nitrogen and oxygen atoms in total. The molecule has 0 aromatic carbocycles. The summed E-state index contributed by atoms with van der Waals surface area (Å²) in [6.07, 6.45) is 1.19. The summed E-state index contributed by atoms with van der Waals surface area (Å²) in [5.74, 6) is 1.18. The molecule has 1 aromatic heterocycles. The maximum absolute atomic E-state index is 5.56. The molecule has 3 N–H and O–H groups in total. The van der Waals surface area contributed by atoms with E-state index in [1.165, 1.54) is 6.42 Å². The number of hydrogen-bond donors (Lipinski definition) is 2. The van der Waals surface area contributed by atoms with Crippen LogP contribution < -0.4 is 11.1 Å². The van der Waals surface area contributed by atoms with Crippen LogP contribution >= 0.6 is 0 Å². The minimum atomic E-state index is 0.339. The van der Waals surface area contributed by atoms with Crippen LogP contribution in [0.4, 0.5) is 11.8 Å². The Kier molecular flexibility index (Phi) is 1.87. The highest BCUT2D eigenvalue weighted by molar-refractivity contribution is 5.43. The molecule has 0 spiro atoms. The number of rotatable bonds is 2. The van der Waals surface area contributed by atoms with Crippen molar-refractivity contribution < 1.29 is 0 Å². The van der Waals surface area contributed by atoms with Crippen LogP contribution in [0.2, 0.25) is 0 Å². The number of aryl methyl sites for hydroxylation is 1. The topological polar surface area (TPSA) is 63.8 Å². The quantitative estimate of drug-likeness (QED) is 0.746. The van der Waals surface area contributed by atoms with E-state index in [0.717, 1.165) is 11.5 Å². The van der Waals surface area contributed by atoms with Crippen molar-refractivity contribution >= 4 is 11.8 Å². The van der Waals surface area contributed by atoms with Crippen LogP contribution in [0.1, 0.15) is 26.0 Å². The molecule has 1 unspecified atom stereocenters. The van der Waals surface area contributed by atoms with Gasteiger partial charge in [-0.15, -0.1) is 0 Å². The van der Waals surface area contributed by atoms with Gasteiger partial charge in [0.05, 0.1) is 0 Å². The van der Waals surface area contributed by atoms with Gasteiger partial charge in [-0.1, -0.05) is 13.8 Å². The summed E-state index contributed by atoms with van der Waals surface area (Å²) < 4.78 is 0. The van der Waals surface area contributed by atoms with E-state index >= 15 is 0 Å². The minimum Gasteiger partial charge on any atom is -0.368 e. The zero-order valence-corrected chi connectivity index (χ0v) is 8.83. The number of hydrogen-bond acceptors (Lipinski definition) is 4. The van der Waals surface area contributed by atoms with E-state index in [4.69, 9.17) is 5.73 Å². The zero-order valence-electron chi connectivity index (χ0n) is 8.83. The second kappa shape index (κ2) is 2.83. The van der Waals surface area contributed by atoms with Gasteiger partial charge < -0.3 is 11.1 Å². The SMILES string of the molecule is Cc1cc(NC2CC2(C)C)nc(N)n1. The predicted octanol–water partition coefficient (Wildman–Crippen LogP) is 1.58. The maximum atomic E-state index is 5.56. The maximum Gasteiger partial charge on any atom is 0.222 e. The molecule has 0 aliphatic heterocycles. The molecule has 0 amide bonds. The van der Waals surface area contributed by atoms with Crippen molar-refractivity contribution in [3.8, 4) is 0 Å². The Bertz CT molecular complexity index is 339. The molecule has 1 aromatic rings. The summed E-state index contributed by atoms with van der Waals surface area (Å²) in [6, 6.07) is 2.45. The van der Waals surface area contributed by atoms with Crippen LogP contribution in [0.15, 0.2) is 6.07 Å². The highest BCUT2D eigenvalue weighted by Crippen LogP contribution is 2.46. The van der Waals surface area contributed by atoms with E-state index in [1.807, 2.05) is 13.0 Å². The number of nitrogens with zero attached hydrogens (tertiary/aromatic N) is 2. The average Bonchev–Trinajstić information content (AvgIpc) is 2.55. The predicted molar refractivity (Wildman–Crippen MR) is 57.0 cm³/mol. The molecule has 14 heavy (non-hydrogen) atoms. The number of aromatic nitrogens is 2. The Morgan fingerprint density at radius 1 is 1.50 bits per heavy atom. The van der Waals surface area contributed by atoms with Crippen LogP contribution in [0.25, 0.3) is 0 Å². The van der Waals surface area contributed by atoms with E-state index in [2.05, 4.69) is 29.1 Å². The standard InChI is InChI=1S/C10H16N4/c1-6-4-8(14-9(11)12-6)13-7-5-10(7,2)3/h4,7H,5H2,1-3H3,(H3,11,12,13,14). The van der Waals surface area contributed by atoms with Crippen LogP contribution in [0.5, 0.6) is 0 Å². The summed E-state index contributed by atoms with van der Waals surface area (Å²) in [4.78, 5) is 8.16. The molecule has 4 heteroatoms. The first-order valence-corrected chi connectivity index (χ1v) is 4.85. The van der Waals surface area contributed by atoms with Crippen molar-refractivity contribution in [2.45, 2.75) is 33.2 Å². The first kappa shape index (κ1) is 9.24. The van der Waals surface area contributed by atoms with E-state index in [1.54, 1.807) is 0 Å². The Balaban J connectivity index is 2.10. The summed E-state index contributed by atoms with van der Waals surface area (Å²) >= 11 is 0. The first-order valence-electron chi connectivity index (χ1n) is 4.85. The summed E-state index contributed by atoms with van der Waals surface area (Å²) in [5, 5.41) is 3.36. The zero-order chi connectivity index (χ0) is 10.3. The fourth-order valence-corrected chi connectivity index (χ4v) is 1.56. The van der Waals surface area contributed by atoms with Gasteiger partial charge in [-0.25, -0.2) is 4.98 Å². The second-order valence-corrected chi connectivity index (χ2v) is 4.64. The van der Waals surface area contributed by atoms with Gasteiger partial charge in [-0.2, -0.15) is 4.98 Å². The first-order chi connectivity index (χ1) is 6.47. The molecule has 1 atom stereocenters. The van der Waals surface area contributed by atoms with Crippen molar-refractivity contribution in [2.24, 2.45) is 5.41 Å². The molecule has 2 rings (SSSR count).